The molecule has 1 aromatic rings. The van der Waals surface area contributed by atoms with Crippen LogP contribution < -0.4 is 10.6 Å². The van der Waals surface area contributed by atoms with Gasteiger partial charge < -0.3 is 10.6 Å². The largest absolute Gasteiger partial charge is 0.352 e. The number of nitrogens with one attached hydrogen (secondary N) is 2. The van der Waals surface area contributed by atoms with Crippen LogP contribution in [0.3, 0.4) is 0 Å². The summed E-state index contributed by atoms with van der Waals surface area (Å²) in [6.45, 7) is 3.95. The minimum absolute atomic E-state index is 0.0139. The summed E-state index contributed by atoms with van der Waals surface area (Å²) >= 11 is 0. The van der Waals surface area contributed by atoms with Crippen molar-refractivity contribution in [3.8, 4) is 0 Å². The van der Waals surface area contributed by atoms with Crippen LogP contribution in [0.1, 0.15) is 77.0 Å². The zero-order valence-corrected chi connectivity index (χ0v) is 16.6. The van der Waals surface area contributed by atoms with Crippen LogP contribution in [-0.2, 0) is 10.3 Å². The Bertz CT molecular complexity index is 710. The average Bonchev–Trinajstić information content (AvgIpc) is 3.25. The molecule has 7 heteroatoms. The predicted molar refractivity (Wildman–Crippen MR) is 101 cm³/mol. The monoisotopic (exact) mass is 372 g/mol. The fourth-order valence-corrected chi connectivity index (χ4v) is 7.02. The van der Waals surface area contributed by atoms with Crippen molar-refractivity contribution in [3.05, 3.63) is 5.82 Å². The van der Waals surface area contributed by atoms with Crippen LogP contribution in [0.5, 0.6) is 0 Å². The number of hydrogen-bond acceptors (Lipinski definition) is 5. The highest BCUT2D eigenvalue weighted by Gasteiger charge is 2.60. The first kappa shape index (κ1) is 17.6. The number of nitrogens with zero attached hydrogens (tertiary/aromatic N) is 4. The van der Waals surface area contributed by atoms with Gasteiger partial charge in [-0.05, 0) is 82.3 Å². The number of rotatable bonds is 5. The minimum Gasteiger partial charge on any atom is -0.352 e. The maximum absolute atomic E-state index is 12.8. The maximum atomic E-state index is 12.8. The van der Waals surface area contributed by atoms with Crippen molar-refractivity contribution in [2.75, 3.05) is 0 Å². The lowest BCUT2D eigenvalue weighted by Crippen LogP contribution is -2.67. The number of carbonyl (C=O) groups is 1. The van der Waals surface area contributed by atoms with Gasteiger partial charge in [0.1, 0.15) is 0 Å². The van der Waals surface area contributed by atoms with Crippen molar-refractivity contribution < 1.29 is 4.79 Å². The van der Waals surface area contributed by atoms with E-state index < -0.39 is 0 Å². The van der Waals surface area contributed by atoms with Crippen molar-refractivity contribution in [3.63, 3.8) is 0 Å². The second-order valence-corrected chi connectivity index (χ2v) is 9.95. The summed E-state index contributed by atoms with van der Waals surface area (Å²) in [4.78, 5) is 14.7. The summed E-state index contributed by atoms with van der Waals surface area (Å²) in [5, 5.41) is 20.2. The van der Waals surface area contributed by atoms with E-state index in [1.165, 1.54) is 32.1 Å². The number of carbonyl (C=O) groups excluding carboxylic acids is 1. The number of aryl methyl sites for hydroxylation is 1. The number of aromatic nitrogens is 4. The average molecular weight is 373 g/mol. The van der Waals surface area contributed by atoms with Gasteiger partial charge in [0.2, 0.25) is 5.91 Å². The van der Waals surface area contributed by atoms with Gasteiger partial charge in [-0.3, -0.25) is 4.79 Å². The molecule has 5 aliphatic carbocycles. The van der Waals surface area contributed by atoms with Gasteiger partial charge in [-0.15, -0.1) is 10.2 Å². The van der Waals surface area contributed by atoms with E-state index in [1.54, 1.807) is 0 Å². The van der Waals surface area contributed by atoms with Gasteiger partial charge >= 0.3 is 0 Å². The van der Waals surface area contributed by atoms with Crippen LogP contribution in [0.4, 0.5) is 0 Å². The van der Waals surface area contributed by atoms with E-state index in [0.717, 1.165) is 37.9 Å². The van der Waals surface area contributed by atoms with E-state index >= 15 is 0 Å². The van der Waals surface area contributed by atoms with E-state index in [9.17, 15) is 4.79 Å². The summed E-state index contributed by atoms with van der Waals surface area (Å²) in [6, 6.07) is 0.233. The van der Waals surface area contributed by atoms with E-state index in [1.807, 2.05) is 18.6 Å². The molecule has 0 aromatic carbocycles. The van der Waals surface area contributed by atoms with Crippen molar-refractivity contribution >= 4 is 5.91 Å². The molecule has 0 radical (unpaired) electrons. The molecule has 2 N–H and O–H groups in total. The van der Waals surface area contributed by atoms with Crippen molar-refractivity contribution in [1.29, 1.82) is 0 Å². The fraction of sp³-hybridized carbons (Fsp3) is 0.900. The first-order chi connectivity index (χ1) is 13.0. The number of hydrogen-bond donors (Lipinski definition) is 2. The van der Waals surface area contributed by atoms with Crippen LogP contribution in [0.2, 0.25) is 0 Å². The van der Waals surface area contributed by atoms with Crippen molar-refractivity contribution in [1.82, 2.24) is 30.8 Å². The molecule has 0 unspecified atom stereocenters. The van der Waals surface area contributed by atoms with E-state index in [0.29, 0.717) is 17.9 Å². The quantitative estimate of drug-likeness (QED) is 0.826. The molecule has 27 heavy (non-hydrogen) atoms. The Balaban J connectivity index is 1.33. The lowest BCUT2D eigenvalue weighted by molar-refractivity contribution is -0.127. The van der Waals surface area contributed by atoms with Gasteiger partial charge in [0.05, 0.1) is 11.6 Å². The second kappa shape index (κ2) is 6.26. The summed E-state index contributed by atoms with van der Waals surface area (Å²) in [5.74, 6) is 2.32. The Labute approximate surface area is 161 Å². The molecule has 0 spiro atoms. The molecule has 0 saturated heterocycles. The highest BCUT2D eigenvalue weighted by atomic mass is 16.2. The van der Waals surface area contributed by atoms with Gasteiger partial charge in [-0.1, -0.05) is 12.8 Å². The third kappa shape index (κ3) is 3.08. The number of tetrazole rings is 1. The van der Waals surface area contributed by atoms with Crippen LogP contribution in [0.15, 0.2) is 0 Å². The number of amides is 1. The summed E-state index contributed by atoms with van der Waals surface area (Å²) in [5.41, 5.74) is 0.0258. The Morgan fingerprint density at radius 2 is 1.89 bits per heavy atom. The van der Waals surface area contributed by atoms with E-state index in [2.05, 4.69) is 26.0 Å². The fourth-order valence-electron chi connectivity index (χ4n) is 7.02. The van der Waals surface area contributed by atoms with Crippen LogP contribution >= 0.6 is 0 Å². The SMILES string of the molecule is Cc1nnn(C23C[C@@H]4C[C@H](CC(N[C@@H](C)C(=O)NC5CCCC5)(C4)C2)C3)n1. The Kier molecular flexibility index (Phi) is 4.08. The van der Waals surface area contributed by atoms with Crippen molar-refractivity contribution in [2.45, 2.75) is 101 Å². The zero-order chi connectivity index (χ0) is 18.6. The lowest BCUT2D eigenvalue weighted by atomic mass is 9.50. The molecule has 148 valence electrons. The van der Waals surface area contributed by atoms with Gasteiger partial charge in [0, 0.05) is 11.6 Å². The van der Waals surface area contributed by atoms with Crippen LogP contribution in [-0.4, -0.2) is 43.7 Å². The molecule has 4 bridgehead atoms. The van der Waals surface area contributed by atoms with Crippen LogP contribution in [0.25, 0.3) is 0 Å². The standard InChI is InChI=1S/C20H32N6O/c1-13(18(27)21-17-5-3-4-6-17)22-19-8-15-7-16(9-19)11-20(10-15,12-19)26-24-14(2)23-25-26/h13,15-17,22H,3-12H2,1-2H3,(H,21,27)/t13-,15+,16+,19?,20?/m0/s1. The maximum Gasteiger partial charge on any atom is 0.237 e. The first-order valence-corrected chi connectivity index (χ1v) is 10.8. The molecule has 7 nitrogen and oxygen atoms in total. The Morgan fingerprint density at radius 3 is 2.52 bits per heavy atom. The summed E-state index contributed by atoms with van der Waals surface area (Å²) < 4.78 is 0. The van der Waals surface area contributed by atoms with Crippen LogP contribution in [0, 0.1) is 18.8 Å². The third-order valence-corrected chi connectivity index (χ3v) is 7.59. The molecule has 6 rings (SSSR count). The highest BCUT2D eigenvalue weighted by Crippen LogP contribution is 2.60. The van der Waals surface area contributed by atoms with E-state index in [4.69, 9.17) is 0 Å². The molecule has 1 aromatic heterocycles. The molecule has 1 heterocycles. The zero-order valence-electron chi connectivity index (χ0n) is 16.6. The smallest absolute Gasteiger partial charge is 0.237 e. The molecular weight excluding hydrogens is 340 g/mol. The second-order valence-electron chi connectivity index (χ2n) is 9.95. The summed E-state index contributed by atoms with van der Waals surface area (Å²) in [7, 11) is 0. The summed E-state index contributed by atoms with van der Waals surface area (Å²) in [6.07, 6.45) is 11.8. The van der Waals surface area contributed by atoms with Gasteiger partial charge in [0.25, 0.3) is 0 Å². The van der Waals surface area contributed by atoms with E-state index in [-0.39, 0.29) is 23.0 Å². The molecule has 3 atom stereocenters. The normalized spacial score (nSPS) is 39.0. The highest BCUT2D eigenvalue weighted by molar-refractivity contribution is 5.81. The van der Waals surface area contributed by atoms with Crippen molar-refractivity contribution in [2.24, 2.45) is 11.8 Å². The van der Waals surface area contributed by atoms with Gasteiger partial charge in [0.15, 0.2) is 5.82 Å². The van der Waals surface area contributed by atoms with Gasteiger partial charge in [-0.2, -0.15) is 4.80 Å². The molecule has 0 aliphatic heterocycles. The molecule has 5 saturated carbocycles. The van der Waals surface area contributed by atoms with Gasteiger partial charge in [-0.25, -0.2) is 0 Å². The molecule has 5 aliphatic rings. The Morgan fingerprint density at radius 1 is 1.19 bits per heavy atom. The predicted octanol–water partition coefficient (Wildman–Crippen LogP) is 2.07. The molecule has 5 fully saturated rings. The topological polar surface area (TPSA) is 84.7 Å². The first-order valence-electron chi connectivity index (χ1n) is 10.8. The minimum atomic E-state index is -0.149. The Hall–Kier alpha value is -1.50. The molecular formula is C20H32N6O. The molecule has 1 amide bonds. The lowest BCUT2D eigenvalue weighted by Gasteiger charge is -2.61. The third-order valence-electron chi connectivity index (χ3n) is 7.59.